The average Bonchev–Trinajstić information content (AvgIpc) is 3.68. The Hall–Kier alpha value is -0.870. The predicted molar refractivity (Wildman–Crippen MR) is 109 cm³/mol. The van der Waals surface area contributed by atoms with Crippen LogP contribution in [0.25, 0.3) is 0 Å². The molecule has 0 aromatic carbocycles. The van der Waals surface area contributed by atoms with Crippen LogP contribution >= 0.6 is 0 Å². The van der Waals surface area contributed by atoms with E-state index in [9.17, 15) is 5.21 Å². The van der Waals surface area contributed by atoms with Crippen molar-refractivity contribution in [2.24, 2.45) is 63.8 Å². The minimum atomic E-state index is -0.143. The van der Waals surface area contributed by atoms with Crippen LogP contribution in [0, 0.1) is 58.7 Å². The van der Waals surface area contributed by atoms with E-state index in [-0.39, 0.29) is 11.9 Å². The Morgan fingerprint density at radius 2 is 2.03 bits per heavy atom. The molecule has 4 heteroatoms. The Morgan fingerprint density at radius 1 is 1.14 bits per heavy atom. The van der Waals surface area contributed by atoms with Gasteiger partial charge in [0, 0.05) is 12.5 Å². The van der Waals surface area contributed by atoms with Gasteiger partial charge in [-0.15, -0.1) is 0 Å². The Bertz CT molecular complexity index is 793. The van der Waals surface area contributed by atoms with E-state index in [2.05, 4.69) is 24.2 Å². The average molecular weight is 398 g/mol. The van der Waals surface area contributed by atoms with Crippen LogP contribution in [-0.4, -0.2) is 29.9 Å². The van der Waals surface area contributed by atoms with E-state index in [0.717, 1.165) is 71.8 Å². The van der Waals surface area contributed by atoms with Gasteiger partial charge in [-0.1, -0.05) is 18.2 Å². The van der Waals surface area contributed by atoms with Crippen LogP contribution in [0.15, 0.2) is 17.3 Å². The summed E-state index contributed by atoms with van der Waals surface area (Å²) in [6.07, 6.45) is 14.7. The van der Waals surface area contributed by atoms with Gasteiger partial charge in [-0.05, 0) is 111 Å². The van der Waals surface area contributed by atoms with Gasteiger partial charge in [-0.25, -0.2) is 0 Å². The Kier molecular flexibility index (Phi) is 3.48. The molecule has 0 amide bonds. The second kappa shape index (κ2) is 5.68. The highest BCUT2D eigenvalue weighted by atomic mass is 16.7. The first-order valence-electron chi connectivity index (χ1n) is 12.3. The quantitative estimate of drug-likeness (QED) is 0.411. The van der Waals surface area contributed by atoms with E-state index in [1.807, 2.05) is 0 Å². The molecule has 6 fully saturated rings. The molecular formula is C25H35NO3. The van der Waals surface area contributed by atoms with Gasteiger partial charge >= 0.3 is 0 Å². The zero-order valence-electron chi connectivity index (χ0n) is 17.8. The number of oxime groups is 1. The fourth-order valence-electron chi connectivity index (χ4n) is 10.3. The van der Waals surface area contributed by atoms with Crippen LogP contribution < -0.4 is 0 Å². The van der Waals surface area contributed by atoms with E-state index in [0.29, 0.717) is 5.41 Å². The normalized spacial score (nSPS) is 62.3. The second-order valence-electron chi connectivity index (χ2n) is 11.5. The number of nitrogens with zero attached hydrogens (tertiary/aromatic N) is 1. The van der Waals surface area contributed by atoms with E-state index in [1.165, 1.54) is 38.5 Å². The molecule has 29 heavy (non-hydrogen) atoms. The molecule has 0 saturated heterocycles. The summed E-state index contributed by atoms with van der Waals surface area (Å²) in [6, 6.07) is 0. The first-order chi connectivity index (χ1) is 14.2. The van der Waals surface area contributed by atoms with Gasteiger partial charge in [0.05, 0.1) is 11.3 Å². The van der Waals surface area contributed by atoms with Gasteiger partial charge in [-0.2, -0.15) is 0 Å². The Balaban J connectivity index is 1.26. The molecule has 0 radical (unpaired) electrons. The van der Waals surface area contributed by atoms with Crippen LogP contribution in [0.5, 0.6) is 0 Å². The van der Waals surface area contributed by atoms with Crippen LogP contribution in [0.2, 0.25) is 0 Å². The zero-order chi connectivity index (χ0) is 19.5. The van der Waals surface area contributed by atoms with Crippen molar-refractivity contribution in [3.63, 3.8) is 0 Å². The molecule has 158 valence electrons. The predicted octanol–water partition coefficient (Wildman–Crippen LogP) is 4.87. The molecule has 7 aliphatic rings. The molecule has 12 atom stereocenters. The number of methoxy groups -OCH3 is 1. The van der Waals surface area contributed by atoms with Gasteiger partial charge in [0.15, 0.2) is 6.29 Å². The molecule has 0 aromatic rings. The molecule has 6 saturated carbocycles. The summed E-state index contributed by atoms with van der Waals surface area (Å²) < 4.78 is 12.4. The van der Waals surface area contributed by atoms with E-state index in [1.54, 1.807) is 7.11 Å². The van der Waals surface area contributed by atoms with Gasteiger partial charge in [0.25, 0.3) is 0 Å². The second-order valence-corrected chi connectivity index (χ2v) is 11.5. The molecule has 1 heterocycles. The molecule has 7 rings (SSSR count). The molecule has 1 aliphatic heterocycles. The third kappa shape index (κ3) is 1.98. The summed E-state index contributed by atoms with van der Waals surface area (Å²) in [4.78, 5) is 0. The molecule has 4 nitrogen and oxygen atoms in total. The van der Waals surface area contributed by atoms with Crippen LogP contribution in [0.3, 0.4) is 0 Å². The monoisotopic (exact) mass is 397 g/mol. The summed E-state index contributed by atoms with van der Waals surface area (Å²) >= 11 is 0. The fourth-order valence-corrected chi connectivity index (χ4v) is 10.3. The number of ether oxygens (including phenoxy) is 2. The van der Waals surface area contributed by atoms with Gasteiger partial charge in [-0.3, -0.25) is 0 Å². The van der Waals surface area contributed by atoms with E-state index in [4.69, 9.17) is 9.47 Å². The van der Waals surface area contributed by atoms with Crippen molar-refractivity contribution in [1.82, 2.24) is 0 Å². The molecule has 0 bridgehead atoms. The first kappa shape index (κ1) is 17.8. The van der Waals surface area contributed by atoms with Gasteiger partial charge in [0.1, 0.15) is 0 Å². The van der Waals surface area contributed by atoms with Crippen molar-refractivity contribution in [2.45, 2.75) is 70.2 Å². The number of hydrogen-bond donors (Lipinski definition) is 1. The third-order valence-electron chi connectivity index (χ3n) is 11.2. The summed E-state index contributed by atoms with van der Waals surface area (Å²) in [5.41, 5.74) is 1.36. The lowest BCUT2D eigenvalue weighted by molar-refractivity contribution is -0.213. The topological polar surface area (TPSA) is 51.0 Å². The lowest BCUT2D eigenvalue weighted by atomic mass is 9.46. The summed E-state index contributed by atoms with van der Waals surface area (Å²) in [6.45, 7) is 2.44. The van der Waals surface area contributed by atoms with E-state index < -0.39 is 0 Å². The molecule has 1 spiro atoms. The Morgan fingerprint density at radius 3 is 2.79 bits per heavy atom. The van der Waals surface area contributed by atoms with Crippen molar-refractivity contribution in [3.05, 3.63) is 12.2 Å². The highest BCUT2D eigenvalue weighted by Crippen LogP contribution is 2.81. The minimum Gasteiger partial charge on any atom is -0.411 e. The van der Waals surface area contributed by atoms with Crippen molar-refractivity contribution < 1.29 is 14.7 Å². The third-order valence-corrected chi connectivity index (χ3v) is 11.2. The summed E-state index contributed by atoms with van der Waals surface area (Å²) in [7, 11) is 1.78. The van der Waals surface area contributed by atoms with Crippen molar-refractivity contribution >= 4 is 5.71 Å². The lowest BCUT2D eigenvalue weighted by Crippen LogP contribution is -2.57. The maximum absolute atomic E-state index is 9.36. The number of hydrogen-bond acceptors (Lipinski definition) is 4. The smallest absolute Gasteiger partial charge is 0.177 e. The summed E-state index contributed by atoms with van der Waals surface area (Å²) in [5.74, 6) is 7.85. The van der Waals surface area contributed by atoms with Gasteiger partial charge in [0.2, 0.25) is 0 Å². The highest BCUT2D eigenvalue weighted by Gasteiger charge is 2.80. The lowest BCUT2D eigenvalue weighted by Gasteiger charge is -2.59. The largest absolute Gasteiger partial charge is 0.411 e. The van der Waals surface area contributed by atoms with Crippen molar-refractivity contribution in [3.8, 4) is 0 Å². The SMILES string of the molecule is CC[C@]12CCC3C(C1[C@H]1C[C@H]1[C@@]21C=CC(OC)O1)[C@@H]1C[C@@H]1C1C/C(=N/O)CC[C@H]31. The highest BCUT2D eigenvalue weighted by molar-refractivity contribution is 5.85. The minimum absolute atomic E-state index is 0.0484. The fraction of sp³-hybridized carbons (Fsp3) is 0.880. The molecular weight excluding hydrogens is 362 g/mol. The van der Waals surface area contributed by atoms with Crippen molar-refractivity contribution in [1.29, 1.82) is 0 Å². The molecule has 5 unspecified atom stereocenters. The maximum Gasteiger partial charge on any atom is 0.177 e. The van der Waals surface area contributed by atoms with Crippen LogP contribution in [-0.2, 0) is 9.47 Å². The molecule has 0 aromatic heterocycles. The van der Waals surface area contributed by atoms with Crippen molar-refractivity contribution in [2.75, 3.05) is 7.11 Å². The standard InChI is InChI=1S/C25H35NO3/c1-3-24-8-6-15-14-5-4-13(26-27)10-16(14)17-11-18(17)22(15)23(24)19-12-20(19)25(24)9-7-21(28-2)29-25/h7,9,14-23,27H,3-6,8,10-12H2,1-2H3/b26-13+/t14-,15?,16?,17-,18-,19+,20-,21?,22?,23?,24+,25+/m1/s1. The first-order valence-corrected chi connectivity index (χ1v) is 12.3. The van der Waals surface area contributed by atoms with Crippen LogP contribution in [0.4, 0.5) is 0 Å². The molecule has 6 aliphatic carbocycles. The van der Waals surface area contributed by atoms with Gasteiger partial charge < -0.3 is 14.7 Å². The number of fused-ring (bicyclic) bond motifs is 12. The zero-order valence-corrected chi connectivity index (χ0v) is 17.8. The maximum atomic E-state index is 9.36. The number of rotatable bonds is 2. The summed E-state index contributed by atoms with van der Waals surface area (Å²) in [5, 5.41) is 13.0. The Labute approximate surface area is 174 Å². The van der Waals surface area contributed by atoms with Crippen LogP contribution in [0.1, 0.15) is 58.3 Å². The van der Waals surface area contributed by atoms with E-state index >= 15 is 0 Å². The molecule has 1 N–H and O–H groups in total.